The predicted molar refractivity (Wildman–Crippen MR) is 78.2 cm³/mol. The number of ether oxygens (including phenoxy) is 1. The number of pyridine rings is 1. The van der Waals surface area contributed by atoms with E-state index in [1.165, 1.54) is 6.42 Å². The molecule has 1 saturated heterocycles. The molecule has 1 atom stereocenters. The lowest BCUT2D eigenvalue weighted by atomic mass is 10.1. The normalized spacial score (nSPS) is 19.1. The molecular formula is C13H19N3O2S. The van der Waals surface area contributed by atoms with Crippen molar-refractivity contribution in [2.24, 2.45) is 0 Å². The standard InChI is InChI=1S/C13H19N3O2S/c14-12-5-4-10(7-15-12)16-13(17)9-19-8-11-3-1-2-6-18-11/h4-5,7,11H,1-3,6,8-9H2,(H2,14,15)(H,16,17). The van der Waals surface area contributed by atoms with E-state index < -0.39 is 0 Å². The monoisotopic (exact) mass is 281 g/mol. The second-order valence-corrected chi connectivity index (χ2v) is 5.55. The Hall–Kier alpha value is -1.27. The number of hydrogen-bond acceptors (Lipinski definition) is 5. The minimum atomic E-state index is -0.0209. The summed E-state index contributed by atoms with van der Waals surface area (Å²) in [6.45, 7) is 0.856. The lowest BCUT2D eigenvalue weighted by Crippen LogP contribution is -2.23. The highest BCUT2D eigenvalue weighted by atomic mass is 32.2. The Morgan fingerprint density at radius 2 is 2.42 bits per heavy atom. The zero-order chi connectivity index (χ0) is 13.5. The molecule has 0 spiro atoms. The van der Waals surface area contributed by atoms with Gasteiger partial charge < -0.3 is 15.8 Å². The van der Waals surface area contributed by atoms with Crippen molar-refractivity contribution in [3.63, 3.8) is 0 Å². The van der Waals surface area contributed by atoms with E-state index in [0.717, 1.165) is 25.2 Å². The molecule has 1 aromatic heterocycles. The van der Waals surface area contributed by atoms with Gasteiger partial charge in [-0.15, -0.1) is 11.8 Å². The van der Waals surface area contributed by atoms with Crippen LogP contribution in [0, 0.1) is 0 Å². The Labute approximate surface area is 117 Å². The molecule has 0 aliphatic carbocycles. The maximum Gasteiger partial charge on any atom is 0.234 e. The Kier molecular flexibility index (Phi) is 5.47. The summed E-state index contributed by atoms with van der Waals surface area (Å²) in [5.41, 5.74) is 6.15. The number of rotatable bonds is 5. The summed E-state index contributed by atoms with van der Waals surface area (Å²) in [6, 6.07) is 3.41. The van der Waals surface area contributed by atoms with Gasteiger partial charge in [-0.25, -0.2) is 4.98 Å². The number of hydrogen-bond donors (Lipinski definition) is 2. The van der Waals surface area contributed by atoms with Gasteiger partial charge in [0.25, 0.3) is 0 Å². The second-order valence-electron chi connectivity index (χ2n) is 4.52. The predicted octanol–water partition coefficient (Wildman–Crippen LogP) is 1.90. The van der Waals surface area contributed by atoms with Gasteiger partial charge in [-0.2, -0.15) is 0 Å². The largest absolute Gasteiger partial charge is 0.384 e. The first-order chi connectivity index (χ1) is 9.24. The maximum absolute atomic E-state index is 11.7. The molecule has 1 aromatic rings. The molecule has 1 amide bonds. The minimum absolute atomic E-state index is 0.0209. The van der Waals surface area contributed by atoms with Gasteiger partial charge in [0, 0.05) is 12.4 Å². The van der Waals surface area contributed by atoms with Gasteiger partial charge in [-0.3, -0.25) is 4.79 Å². The fraction of sp³-hybridized carbons (Fsp3) is 0.538. The number of carbonyl (C=O) groups excluding carboxylic acids is 1. The number of nitrogens with zero attached hydrogens (tertiary/aromatic N) is 1. The number of aromatic nitrogens is 1. The summed E-state index contributed by atoms with van der Waals surface area (Å²) in [4.78, 5) is 15.6. The molecule has 0 radical (unpaired) electrons. The van der Waals surface area contributed by atoms with Crippen molar-refractivity contribution in [2.45, 2.75) is 25.4 Å². The van der Waals surface area contributed by atoms with Crippen LogP contribution < -0.4 is 11.1 Å². The Morgan fingerprint density at radius 1 is 1.53 bits per heavy atom. The maximum atomic E-state index is 11.7. The van der Waals surface area contributed by atoms with Crippen molar-refractivity contribution in [1.29, 1.82) is 0 Å². The Balaban J connectivity index is 1.65. The molecule has 2 heterocycles. The summed E-state index contributed by atoms with van der Waals surface area (Å²) in [7, 11) is 0. The molecule has 19 heavy (non-hydrogen) atoms. The number of nitrogen functional groups attached to an aromatic ring is 1. The lowest BCUT2D eigenvalue weighted by Gasteiger charge is -2.21. The SMILES string of the molecule is Nc1ccc(NC(=O)CSCC2CCCCO2)cn1. The van der Waals surface area contributed by atoms with Crippen LogP contribution in [-0.4, -0.2) is 35.1 Å². The molecule has 3 N–H and O–H groups in total. The summed E-state index contributed by atoms with van der Waals surface area (Å²) in [6.07, 6.45) is 5.36. The van der Waals surface area contributed by atoms with Crippen LogP contribution >= 0.6 is 11.8 Å². The van der Waals surface area contributed by atoms with Crippen LogP contribution in [0.3, 0.4) is 0 Å². The molecule has 2 rings (SSSR count). The van der Waals surface area contributed by atoms with Crippen LogP contribution in [-0.2, 0) is 9.53 Å². The van der Waals surface area contributed by atoms with E-state index in [2.05, 4.69) is 10.3 Å². The summed E-state index contributed by atoms with van der Waals surface area (Å²) < 4.78 is 5.61. The van der Waals surface area contributed by atoms with Crippen LogP contribution in [0.2, 0.25) is 0 Å². The van der Waals surface area contributed by atoms with E-state index in [1.807, 2.05) is 0 Å². The topological polar surface area (TPSA) is 77.2 Å². The van der Waals surface area contributed by atoms with Gasteiger partial charge in [0.2, 0.25) is 5.91 Å². The van der Waals surface area contributed by atoms with Gasteiger partial charge in [-0.05, 0) is 31.4 Å². The van der Waals surface area contributed by atoms with E-state index in [1.54, 1.807) is 30.1 Å². The van der Waals surface area contributed by atoms with Gasteiger partial charge in [0.15, 0.2) is 0 Å². The van der Waals surface area contributed by atoms with Crippen LogP contribution in [0.5, 0.6) is 0 Å². The summed E-state index contributed by atoms with van der Waals surface area (Å²) in [5, 5.41) is 2.79. The molecule has 1 fully saturated rings. The second kappa shape index (κ2) is 7.35. The molecule has 1 aliphatic rings. The number of amides is 1. The number of thioether (sulfide) groups is 1. The summed E-state index contributed by atoms with van der Waals surface area (Å²) in [5.74, 6) is 1.74. The number of nitrogens with two attached hydrogens (primary N) is 1. The third-order valence-corrected chi connectivity index (χ3v) is 3.95. The van der Waals surface area contributed by atoms with Gasteiger partial charge in [-0.1, -0.05) is 0 Å². The highest BCUT2D eigenvalue weighted by Crippen LogP contribution is 2.17. The molecule has 0 saturated carbocycles. The zero-order valence-corrected chi connectivity index (χ0v) is 11.6. The molecule has 104 valence electrons. The molecular weight excluding hydrogens is 262 g/mol. The number of anilines is 2. The van der Waals surface area contributed by atoms with E-state index in [9.17, 15) is 4.79 Å². The zero-order valence-electron chi connectivity index (χ0n) is 10.8. The van der Waals surface area contributed by atoms with Gasteiger partial charge in [0.1, 0.15) is 5.82 Å². The third-order valence-electron chi connectivity index (χ3n) is 2.88. The van der Waals surface area contributed by atoms with Crippen molar-refractivity contribution >= 4 is 29.2 Å². The molecule has 1 aliphatic heterocycles. The van der Waals surface area contributed by atoms with Crippen molar-refractivity contribution in [3.05, 3.63) is 18.3 Å². The number of nitrogens with one attached hydrogen (secondary N) is 1. The van der Waals surface area contributed by atoms with E-state index in [4.69, 9.17) is 10.5 Å². The van der Waals surface area contributed by atoms with Crippen molar-refractivity contribution in [1.82, 2.24) is 4.98 Å². The smallest absolute Gasteiger partial charge is 0.234 e. The lowest BCUT2D eigenvalue weighted by molar-refractivity contribution is -0.113. The van der Waals surface area contributed by atoms with Crippen molar-refractivity contribution in [3.8, 4) is 0 Å². The fourth-order valence-electron chi connectivity index (χ4n) is 1.90. The van der Waals surface area contributed by atoms with Gasteiger partial charge in [0.05, 0.1) is 23.7 Å². The van der Waals surface area contributed by atoms with Crippen LogP contribution in [0.1, 0.15) is 19.3 Å². The first-order valence-corrected chi connectivity index (χ1v) is 7.60. The van der Waals surface area contributed by atoms with Crippen molar-refractivity contribution in [2.75, 3.05) is 29.2 Å². The van der Waals surface area contributed by atoms with E-state index in [-0.39, 0.29) is 5.91 Å². The summed E-state index contributed by atoms with van der Waals surface area (Å²) >= 11 is 1.61. The minimum Gasteiger partial charge on any atom is -0.384 e. The molecule has 6 heteroatoms. The van der Waals surface area contributed by atoms with Crippen molar-refractivity contribution < 1.29 is 9.53 Å². The van der Waals surface area contributed by atoms with E-state index in [0.29, 0.717) is 23.4 Å². The molecule has 5 nitrogen and oxygen atoms in total. The first-order valence-electron chi connectivity index (χ1n) is 6.45. The highest BCUT2D eigenvalue weighted by molar-refractivity contribution is 8.00. The van der Waals surface area contributed by atoms with Gasteiger partial charge >= 0.3 is 0 Å². The third kappa shape index (κ3) is 5.08. The van der Waals surface area contributed by atoms with E-state index >= 15 is 0 Å². The quantitative estimate of drug-likeness (QED) is 0.862. The molecule has 0 bridgehead atoms. The molecule has 0 aromatic carbocycles. The number of carbonyl (C=O) groups is 1. The first kappa shape index (κ1) is 14.1. The fourth-order valence-corrected chi connectivity index (χ4v) is 2.80. The average Bonchev–Trinajstić information content (AvgIpc) is 2.43. The Morgan fingerprint density at radius 3 is 3.11 bits per heavy atom. The Bertz CT molecular complexity index is 405. The van der Waals surface area contributed by atoms with Crippen LogP contribution in [0.15, 0.2) is 18.3 Å². The average molecular weight is 281 g/mol. The van der Waals surface area contributed by atoms with Crippen LogP contribution in [0.25, 0.3) is 0 Å². The highest BCUT2D eigenvalue weighted by Gasteiger charge is 2.14. The molecule has 1 unspecified atom stereocenters. The van der Waals surface area contributed by atoms with Crippen LogP contribution in [0.4, 0.5) is 11.5 Å².